The number of hydrogen-bond acceptors (Lipinski definition) is 5. The van der Waals surface area contributed by atoms with Crippen molar-refractivity contribution in [3.63, 3.8) is 0 Å². The zero-order valence-corrected chi connectivity index (χ0v) is 13.3. The molecule has 0 fully saturated rings. The van der Waals surface area contributed by atoms with E-state index in [1.807, 2.05) is 30.3 Å². The van der Waals surface area contributed by atoms with Crippen molar-refractivity contribution in [3.05, 3.63) is 40.8 Å². The maximum atomic E-state index is 11.6. The van der Waals surface area contributed by atoms with E-state index in [2.05, 4.69) is 15.0 Å². The van der Waals surface area contributed by atoms with Gasteiger partial charge in [0.25, 0.3) is 0 Å². The van der Waals surface area contributed by atoms with Crippen LogP contribution in [0.4, 0.5) is 0 Å². The highest BCUT2D eigenvalue weighted by molar-refractivity contribution is 7.22. The lowest BCUT2D eigenvalue weighted by molar-refractivity contribution is 0.398. The second kappa shape index (κ2) is 5.13. The number of thiazole rings is 1. The molecule has 23 heavy (non-hydrogen) atoms. The smallest absolute Gasteiger partial charge is 0.323 e. The minimum Gasteiger partial charge on any atom is -0.497 e. The van der Waals surface area contributed by atoms with Gasteiger partial charge >= 0.3 is 5.69 Å². The highest BCUT2D eigenvalue weighted by atomic mass is 32.1. The van der Waals surface area contributed by atoms with Gasteiger partial charge in [-0.3, -0.25) is 0 Å². The van der Waals surface area contributed by atoms with Gasteiger partial charge in [0.2, 0.25) is 0 Å². The van der Waals surface area contributed by atoms with Crippen molar-refractivity contribution in [2.45, 2.75) is 0 Å². The molecule has 0 saturated heterocycles. The summed E-state index contributed by atoms with van der Waals surface area (Å²) in [5.74, 6) is 1.41. The van der Waals surface area contributed by atoms with Crippen molar-refractivity contribution in [3.8, 4) is 22.1 Å². The van der Waals surface area contributed by atoms with E-state index in [1.165, 1.54) is 11.3 Å². The van der Waals surface area contributed by atoms with E-state index >= 15 is 0 Å². The molecule has 0 atom stereocenters. The third-order valence-electron chi connectivity index (χ3n) is 3.67. The molecule has 0 bridgehead atoms. The van der Waals surface area contributed by atoms with Crippen LogP contribution in [-0.4, -0.2) is 29.2 Å². The van der Waals surface area contributed by atoms with Gasteiger partial charge in [-0.25, -0.2) is 9.78 Å². The minimum atomic E-state index is -0.229. The van der Waals surface area contributed by atoms with E-state index in [-0.39, 0.29) is 5.69 Å². The lowest BCUT2D eigenvalue weighted by atomic mass is 10.2. The molecular formula is C16H13N3O3S. The first kappa shape index (κ1) is 13.8. The highest BCUT2D eigenvalue weighted by Crippen LogP contribution is 2.39. The van der Waals surface area contributed by atoms with Crippen LogP contribution in [0.25, 0.3) is 31.8 Å². The molecule has 0 radical (unpaired) electrons. The Kier molecular flexibility index (Phi) is 3.09. The molecule has 0 aliphatic rings. The normalized spacial score (nSPS) is 11.2. The Balaban J connectivity index is 2.00. The van der Waals surface area contributed by atoms with Crippen molar-refractivity contribution in [1.29, 1.82) is 0 Å². The summed E-state index contributed by atoms with van der Waals surface area (Å²) in [4.78, 5) is 21.8. The molecule has 0 aliphatic heterocycles. The topological polar surface area (TPSA) is 80.0 Å². The third kappa shape index (κ3) is 2.17. The lowest BCUT2D eigenvalue weighted by Crippen LogP contribution is -1.99. The van der Waals surface area contributed by atoms with Crippen LogP contribution in [0, 0.1) is 0 Å². The molecule has 2 N–H and O–H groups in total. The number of H-pyrrole nitrogens is 2. The molecule has 116 valence electrons. The fraction of sp³-hybridized carbons (Fsp3) is 0.125. The van der Waals surface area contributed by atoms with E-state index < -0.39 is 0 Å². The number of methoxy groups -OCH3 is 2. The van der Waals surface area contributed by atoms with Gasteiger partial charge in [-0.2, -0.15) is 0 Å². The summed E-state index contributed by atoms with van der Waals surface area (Å²) in [7, 11) is 3.23. The quantitative estimate of drug-likeness (QED) is 0.606. The largest absolute Gasteiger partial charge is 0.497 e. The Morgan fingerprint density at radius 2 is 2.00 bits per heavy atom. The summed E-state index contributed by atoms with van der Waals surface area (Å²) < 4.78 is 11.7. The standard InChI is InChI=1S/C16H13N3O3S/c1-21-8-6-11-14(12(7-8)22-2)23-15(17-11)9-4-3-5-10-13(9)19-16(20)18-10/h3-7H,1-2H3,(H2,18,19,20). The Morgan fingerprint density at radius 3 is 2.78 bits per heavy atom. The summed E-state index contributed by atoms with van der Waals surface area (Å²) in [6.07, 6.45) is 0. The Hall–Kier alpha value is -2.80. The van der Waals surface area contributed by atoms with Crippen molar-refractivity contribution < 1.29 is 9.47 Å². The predicted octanol–water partition coefficient (Wildman–Crippen LogP) is 3.15. The van der Waals surface area contributed by atoms with Crippen LogP contribution in [0.3, 0.4) is 0 Å². The fourth-order valence-corrected chi connectivity index (χ4v) is 3.67. The number of nitrogens with zero attached hydrogens (tertiary/aromatic N) is 1. The van der Waals surface area contributed by atoms with Crippen LogP contribution in [0.1, 0.15) is 0 Å². The predicted molar refractivity (Wildman–Crippen MR) is 90.6 cm³/mol. The zero-order chi connectivity index (χ0) is 16.0. The van der Waals surface area contributed by atoms with Crippen molar-refractivity contribution >= 4 is 32.6 Å². The molecule has 0 saturated carbocycles. The Bertz CT molecular complexity index is 1080. The minimum absolute atomic E-state index is 0.229. The SMILES string of the molecule is COc1cc(OC)c2sc(-c3cccc4[nH]c(=O)[nH]c34)nc2c1. The van der Waals surface area contributed by atoms with Crippen LogP contribution in [0.15, 0.2) is 35.1 Å². The molecule has 0 spiro atoms. The third-order valence-corrected chi connectivity index (χ3v) is 4.79. The first-order valence-corrected chi connectivity index (χ1v) is 7.75. The molecule has 2 heterocycles. The molecular weight excluding hydrogens is 314 g/mol. The molecule has 2 aromatic carbocycles. The monoisotopic (exact) mass is 327 g/mol. The second-order valence-electron chi connectivity index (χ2n) is 5.00. The molecule has 7 heteroatoms. The van der Waals surface area contributed by atoms with Gasteiger partial charge in [0.05, 0.1) is 35.5 Å². The Labute approximate surface area is 134 Å². The number of imidazole rings is 1. The maximum Gasteiger partial charge on any atom is 0.323 e. The number of aromatic nitrogens is 3. The average Bonchev–Trinajstić information content (AvgIpc) is 3.15. The number of nitrogens with one attached hydrogen (secondary N) is 2. The molecule has 0 amide bonds. The van der Waals surface area contributed by atoms with Crippen molar-refractivity contribution in [2.75, 3.05) is 14.2 Å². The van der Waals surface area contributed by atoms with Crippen molar-refractivity contribution in [1.82, 2.24) is 15.0 Å². The highest BCUT2D eigenvalue weighted by Gasteiger charge is 2.15. The van der Waals surface area contributed by atoms with Crippen molar-refractivity contribution in [2.24, 2.45) is 0 Å². The van der Waals surface area contributed by atoms with E-state index in [0.717, 1.165) is 37.6 Å². The molecule has 6 nitrogen and oxygen atoms in total. The van der Waals surface area contributed by atoms with Gasteiger partial charge in [0.1, 0.15) is 16.5 Å². The number of hydrogen-bond donors (Lipinski definition) is 2. The van der Waals surface area contributed by atoms with E-state index in [4.69, 9.17) is 9.47 Å². The van der Waals surface area contributed by atoms with E-state index in [0.29, 0.717) is 5.75 Å². The summed E-state index contributed by atoms with van der Waals surface area (Å²) in [6, 6.07) is 9.40. The number of para-hydroxylation sites is 1. The molecule has 0 aliphatic carbocycles. The number of ether oxygens (including phenoxy) is 2. The van der Waals surface area contributed by atoms with Gasteiger partial charge in [-0.1, -0.05) is 6.07 Å². The van der Waals surface area contributed by atoms with Crippen LogP contribution in [0.2, 0.25) is 0 Å². The van der Waals surface area contributed by atoms with Crippen LogP contribution >= 0.6 is 11.3 Å². The summed E-state index contributed by atoms with van der Waals surface area (Å²) in [5, 5.41) is 0.812. The molecule has 2 aromatic heterocycles. The summed E-state index contributed by atoms with van der Waals surface area (Å²) in [6.45, 7) is 0. The van der Waals surface area contributed by atoms with Crippen LogP contribution < -0.4 is 15.2 Å². The van der Waals surface area contributed by atoms with Gasteiger partial charge in [0.15, 0.2) is 0 Å². The molecule has 4 rings (SSSR count). The van der Waals surface area contributed by atoms with E-state index in [9.17, 15) is 4.79 Å². The first-order chi connectivity index (χ1) is 11.2. The number of fused-ring (bicyclic) bond motifs is 2. The summed E-state index contributed by atoms with van der Waals surface area (Å²) >= 11 is 1.52. The maximum absolute atomic E-state index is 11.6. The Morgan fingerprint density at radius 1 is 1.13 bits per heavy atom. The lowest BCUT2D eigenvalue weighted by Gasteiger charge is -2.03. The van der Waals surface area contributed by atoms with Crippen LogP contribution in [-0.2, 0) is 0 Å². The number of rotatable bonds is 3. The van der Waals surface area contributed by atoms with Gasteiger partial charge < -0.3 is 19.4 Å². The van der Waals surface area contributed by atoms with E-state index in [1.54, 1.807) is 14.2 Å². The van der Waals surface area contributed by atoms with Gasteiger partial charge in [0, 0.05) is 17.7 Å². The number of benzene rings is 2. The molecule has 4 aromatic rings. The zero-order valence-electron chi connectivity index (χ0n) is 12.5. The first-order valence-electron chi connectivity index (χ1n) is 6.93. The summed E-state index contributed by atoms with van der Waals surface area (Å²) in [5.41, 5.74) is 2.96. The second-order valence-corrected chi connectivity index (χ2v) is 6.00. The molecule has 0 unspecified atom stereocenters. The number of aromatic amines is 2. The fourth-order valence-electron chi connectivity index (χ4n) is 2.60. The van der Waals surface area contributed by atoms with Crippen LogP contribution in [0.5, 0.6) is 11.5 Å². The average molecular weight is 327 g/mol. The van der Waals surface area contributed by atoms with Gasteiger partial charge in [-0.15, -0.1) is 11.3 Å². The van der Waals surface area contributed by atoms with Gasteiger partial charge in [-0.05, 0) is 12.1 Å².